The van der Waals surface area contributed by atoms with Gasteiger partial charge in [-0.3, -0.25) is 0 Å². The van der Waals surface area contributed by atoms with Crippen LogP contribution >= 0.6 is 15.9 Å². The fourth-order valence-corrected chi connectivity index (χ4v) is 2.60. The summed E-state index contributed by atoms with van der Waals surface area (Å²) < 4.78 is 16.6. The fourth-order valence-electron chi connectivity index (χ4n) is 2.22. The third kappa shape index (κ3) is 2.24. The number of nitrogens with zero attached hydrogens (tertiary/aromatic N) is 1. The zero-order chi connectivity index (χ0) is 13.4. The van der Waals surface area contributed by atoms with Crippen LogP contribution in [0.4, 0.5) is 10.1 Å². The molecule has 0 bridgehead atoms. The van der Waals surface area contributed by atoms with Crippen molar-refractivity contribution in [3.8, 4) is 0 Å². The van der Waals surface area contributed by atoms with Crippen LogP contribution in [0, 0.1) is 5.82 Å². The van der Waals surface area contributed by atoms with Gasteiger partial charge in [-0.05, 0) is 35.9 Å². The van der Waals surface area contributed by atoms with Crippen LogP contribution in [0.25, 0.3) is 10.9 Å². The largest absolute Gasteiger partial charge is 0.398 e. The Kier molecular flexibility index (Phi) is 3.03. The lowest BCUT2D eigenvalue weighted by molar-refractivity contribution is 0.639. The van der Waals surface area contributed by atoms with Crippen LogP contribution in [0.15, 0.2) is 53.1 Å². The average molecular weight is 319 g/mol. The molecule has 3 rings (SSSR count). The highest BCUT2D eigenvalue weighted by Gasteiger charge is 2.07. The molecule has 0 fully saturated rings. The van der Waals surface area contributed by atoms with E-state index in [-0.39, 0.29) is 5.82 Å². The normalized spacial score (nSPS) is 11.1. The molecule has 0 aliphatic heterocycles. The summed E-state index contributed by atoms with van der Waals surface area (Å²) in [6.45, 7) is 0.631. The molecule has 0 radical (unpaired) electrons. The lowest BCUT2D eigenvalue weighted by atomic mass is 10.2. The number of hydrogen-bond acceptors (Lipinski definition) is 1. The zero-order valence-electron chi connectivity index (χ0n) is 10.1. The van der Waals surface area contributed by atoms with E-state index in [1.54, 1.807) is 12.1 Å². The molecule has 0 aliphatic rings. The monoisotopic (exact) mass is 318 g/mol. The van der Waals surface area contributed by atoms with Crippen LogP contribution in [-0.2, 0) is 6.54 Å². The van der Waals surface area contributed by atoms with Crippen molar-refractivity contribution in [3.63, 3.8) is 0 Å². The Morgan fingerprint density at radius 1 is 1.16 bits per heavy atom. The minimum Gasteiger partial charge on any atom is -0.398 e. The summed E-state index contributed by atoms with van der Waals surface area (Å²) in [4.78, 5) is 0. The van der Waals surface area contributed by atoms with Crippen LogP contribution in [0.3, 0.4) is 0 Å². The van der Waals surface area contributed by atoms with Gasteiger partial charge in [0, 0.05) is 28.3 Å². The molecule has 1 aromatic heterocycles. The van der Waals surface area contributed by atoms with Gasteiger partial charge in [0.25, 0.3) is 0 Å². The summed E-state index contributed by atoms with van der Waals surface area (Å²) in [5.41, 5.74) is 8.62. The van der Waals surface area contributed by atoms with E-state index in [4.69, 9.17) is 5.73 Å². The molecule has 0 amide bonds. The topological polar surface area (TPSA) is 30.9 Å². The number of halogens is 2. The minimum absolute atomic E-state index is 0.194. The van der Waals surface area contributed by atoms with E-state index < -0.39 is 0 Å². The van der Waals surface area contributed by atoms with Gasteiger partial charge in [-0.1, -0.05) is 28.1 Å². The lowest BCUT2D eigenvalue weighted by Gasteiger charge is -2.09. The Hall–Kier alpha value is -1.81. The predicted molar refractivity (Wildman–Crippen MR) is 79.6 cm³/mol. The number of hydrogen-bond donors (Lipinski definition) is 1. The van der Waals surface area contributed by atoms with Gasteiger partial charge in [-0.15, -0.1) is 0 Å². The molecule has 0 spiro atoms. The fraction of sp³-hybridized carbons (Fsp3) is 0.0667. The Balaban J connectivity index is 2.04. The van der Waals surface area contributed by atoms with Gasteiger partial charge in [0.15, 0.2) is 0 Å². The quantitative estimate of drug-likeness (QED) is 0.706. The van der Waals surface area contributed by atoms with E-state index in [2.05, 4.69) is 15.9 Å². The second-order valence-electron chi connectivity index (χ2n) is 4.46. The third-order valence-corrected chi connectivity index (χ3v) is 3.70. The molecule has 19 heavy (non-hydrogen) atoms. The number of rotatable bonds is 2. The van der Waals surface area contributed by atoms with Crippen molar-refractivity contribution in [2.45, 2.75) is 6.54 Å². The Bertz CT molecular complexity index is 749. The van der Waals surface area contributed by atoms with Gasteiger partial charge < -0.3 is 10.3 Å². The van der Waals surface area contributed by atoms with E-state index in [1.807, 2.05) is 35.0 Å². The number of aromatic nitrogens is 1. The van der Waals surface area contributed by atoms with Crippen LogP contribution < -0.4 is 5.73 Å². The molecular weight excluding hydrogens is 307 g/mol. The first kappa shape index (κ1) is 12.2. The number of nitrogen functional groups attached to an aromatic ring is 1. The molecule has 1 heterocycles. The standard InChI is InChI=1S/C15H12BrFN2/c16-11-5-4-10(14(18)8-11)9-19-7-6-12-13(17)2-1-3-15(12)19/h1-8H,9,18H2. The SMILES string of the molecule is Nc1cc(Br)ccc1Cn1ccc2c(F)cccc21. The van der Waals surface area contributed by atoms with Crippen molar-refractivity contribution in [1.82, 2.24) is 4.57 Å². The molecule has 2 aromatic carbocycles. The van der Waals surface area contributed by atoms with Crippen LogP contribution in [0.1, 0.15) is 5.56 Å². The van der Waals surface area contributed by atoms with Crippen LogP contribution in [-0.4, -0.2) is 4.57 Å². The summed E-state index contributed by atoms with van der Waals surface area (Å²) in [6, 6.07) is 12.7. The van der Waals surface area contributed by atoms with E-state index >= 15 is 0 Å². The molecule has 0 saturated carbocycles. The highest BCUT2D eigenvalue weighted by atomic mass is 79.9. The summed E-state index contributed by atoms with van der Waals surface area (Å²) in [7, 11) is 0. The Morgan fingerprint density at radius 3 is 2.79 bits per heavy atom. The molecule has 96 valence electrons. The second-order valence-corrected chi connectivity index (χ2v) is 5.38. The highest BCUT2D eigenvalue weighted by molar-refractivity contribution is 9.10. The van der Waals surface area contributed by atoms with Crippen molar-refractivity contribution in [3.05, 3.63) is 64.5 Å². The number of anilines is 1. The van der Waals surface area contributed by atoms with Gasteiger partial charge in [0.2, 0.25) is 0 Å². The summed E-state index contributed by atoms with van der Waals surface area (Å²) in [6.07, 6.45) is 1.88. The minimum atomic E-state index is -0.194. The Labute approximate surface area is 118 Å². The van der Waals surface area contributed by atoms with Crippen LogP contribution in [0.5, 0.6) is 0 Å². The van der Waals surface area contributed by atoms with Crippen molar-refractivity contribution >= 4 is 32.5 Å². The summed E-state index contributed by atoms with van der Waals surface area (Å²) >= 11 is 3.39. The summed E-state index contributed by atoms with van der Waals surface area (Å²) in [5, 5.41) is 0.637. The second kappa shape index (κ2) is 4.70. The number of nitrogens with two attached hydrogens (primary N) is 1. The van der Waals surface area contributed by atoms with E-state index in [1.165, 1.54) is 6.07 Å². The molecule has 4 heteroatoms. The molecular formula is C15H12BrFN2. The molecule has 0 atom stereocenters. The highest BCUT2D eigenvalue weighted by Crippen LogP contribution is 2.23. The summed E-state index contributed by atoms with van der Waals surface area (Å²) in [5.74, 6) is -0.194. The molecule has 0 aliphatic carbocycles. The van der Waals surface area contributed by atoms with Gasteiger partial charge in [-0.25, -0.2) is 4.39 Å². The maximum absolute atomic E-state index is 13.6. The maximum Gasteiger partial charge on any atom is 0.132 e. The molecule has 2 nitrogen and oxygen atoms in total. The number of fused-ring (bicyclic) bond motifs is 1. The van der Waals surface area contributed by atoms with Gasteiger partial charge >= 0.3 is 0 Å². The first-order valence-corrected chi connectivity index (χ1v) is 6.72. The predicted octanol–water partition coefficient (Wildman–Crippen LogP) is 4.17. The van der Waals surface area contributed by atoms with E-state index in [0.717, 1.165) is 21.2 Å². The third-order valence-electron chi connectivity index (χ3n) is 3.21. The Morgan fingerprint density at radius 2 is 2.00 bits per heavy atom. The first-order chi connectivity index (χ1) is 9.15. The van der Waals surface area contributed by atoms with Crippen molar-refractivity contribution in [1.29, 1.82) is 0 Å². The van der Waals surface area contributed by atoms with Crippen molar-refractivity contribution < 1.29 is 4.39 Å². The van der Waals surface area contributed by atoms with Crippen LogP contribution in [0.2, 0.25) is 0 Å². The van der Waals surface area contributed by atoms with E-state index in [0.29, 0.717) is 11.9 Å². The first-order valence-electron chi connectivity index (χ1n) is 5.92. The molecule has 0 saturated heterocycles. The zero-order valence-corrected chi connectivity index (χ0v) is 11.7. The van der Waals surface area contributed by atoms with E-state index in [9.17, 15) is 4.39 Å². The van der Waals surface area contributed by atoms with Gasteiger partial charge in [0.05, 0.1) is 5.52 Å². The average Bonchev–Trinajstić information content (AvgIpc) is 2.78. The lowest BCUT2D eigenvalue weighted by Crippen LogP contribution is -2.01. The molecule has 3 aromatic rings. The molecule has 0 unspecified atom stereocenters. The van der Waals surface area contributed by atoms with Gasteiger partial charge in [0.1, 0.15) is 5.82 Å². The smallest absolute Gasteiger partial charge is 0.132 e. The maximum atomic E-state index is 13.6. The molecule has 2 N–H and O–H groups in total. The van der Waals surface area contributed by atoms with Gasteiger partial charge in [-0.2, -0.15) is 0 Å². The van der Waals surface area contributed by atoms with Crippen molar-refractivity contribution in [2.75, 3.05) is 5.73 Å². The van der Waals surface area contributed by atoms with Crippen molar-refractivity contribution in [2.24, 2.45) is 0 Å². The number of benzene rings is 2.